The second-order valence-corrected chi connectivity index (χ2v) is 9.37. The number of nitrogens with zero attached hydrogens (tertiary/aromatic N) is 1. The van der Waals surface area contributed by atoms with Crippen LogP contribution in [0, 0.1) is 18.3 Å². The van der Waals surface area contributed by atoms with Gasteiger partial charge in [-0.15, -0.1) is 0 Å². The van der Waals surface area contributed by atoms with Crippen molar-refractivity contribution in [2.24, 2.45) is 0 Å². The van der Waals surface area contributed by atoms with Gasteiger partial charge in [-0.3, -0.25) is 9.59 Å². The number of Topliss-reactive ketones (excluding diaryl/α,β-unsaturated/α-hetero) is 1. The number of carbonyl (C=O) groups excluding carboxylic acids is 2. The molecular formula is C27H27N3O2S. The Morgan fingerprint density at radius 1 is 1.15 bits per heavy atom. The van der Waals surface area contributed by atoms with Gasteiger partial charge in [0.1, 0.15) is 0 Å². The third-order valence-electron chi connectivity index (χ3n) is 6.07. The number of allylic oxidation sites excluding steroid dienone is 3. The fourth-order valence-corrected chi connectivity index (χ4v) is 5.15. The first-order valence-electron chi connectivity index (χ1n) is 11.3. The van der Waals surface area contributed by atoms with Gasteiger partial charge < -0.3 is 10.6 Å². The Bertz CT molecular complexity index is 1170. The minimum atomic E-state index is -0.396. The summed E-state index contributed by atoms with van der Waals surface area (Å²) in [7, 11) is 0. The molecule has 0 fully saturated rings. The van der Waals surface area contributed by atoms with Crippen LogP contribution in [0.5, 0.6) is 0 Å². The fraction of sp³-hybridized carbons (Fsp3) is 0.296. The second-order valence-electron chi connectivity index (χ2n) is 8.38. The summed E-state index contributed by atoms with van der Waals surface area (Å²) in [5.74, 6) is -0.270. The number of dihydropyridines is 1. The highest BCUT2D eigenvalue weighted by Crippen LogP contribution is 2.44. The van der Waals surface area contributed by atoms with Crippen LogP contribution in [0.2, 0.25) is 0 Å². The van der Waals surface area contributed by atoms with E-state index >= 15 is 0 Å². The highest BCUT2D eigenvalue weighted by molar-refractivity contribution is 8.03. The molecule has 6 heteroatoms. The fourth-order valence-electron chi connectivity index (χ4n) is 4.29. The van der Waals surface area contributed by atoms with Crippen molar-refractivity contribution < 1.29 is 9.59 Å². The maximum Gasteiger partial charge on any atom is 0.234 e. The molecule has 168 valence electrons. The van der Waals surface area contributed by atoms with E-state index < -0.39 is 5.92 Å². The van der Waals surface area contributed by atoms with E-state index in [2.05, 4.69) is 23.6 Å². The van der Waals surface area contributed by atoms with E-state index in [4.69, 9.17) is 0 Å². The molecule has 2 aromatic rings. The molecular weight excluding hydrogens is 430 g/mol. The summed E-state index contributed by atoms with van der Waals surface area (Å²) < 4.78 is 0. The quantitative estimate of drug-likeness (QED) is 0.610. The highest BCUT2D eigenvalue weighted by atomic mass is 32.2. The Morgan fingerprint density at radius 2 is 1.88 bits per heavy atom. The predicted molar refractivity (Wildman–Crippen MR) is 132 cm³/mol. The first kappa shape index (κ1) is 22.9. The molecule has 4 rings (SSSR count). The molecule has 0 spiro atoms. The van der Waals surface area contributed by atoms with Gasteiger partial charge in [-0.05, 0) is 49.4 Å². The summed E-state index contributed by atoms with van der Waals surface area (Å²) in [5.41, 5.74) is 6.10. The standard InChI is InChI=1S/C27H27N3O2S/c1-3-18-9-13-20(14-10-18)29-24(32)16-33-27-21(15-28)25(19-11-7-17(2)8-12-19)26-22(30-27)5-4-6-23(26)31/h7-14,25,30H,3-6,16H2,1-2H3,(H,29,32)/t25-/m1/s1. The van der Waals surface area contributed by atoms with Gasteiger partial charge in [0, 0.05) is 23.4 Å². The van der Waals surface area contributed by atoms with Crippen LogP contribution < -0.4 is 10.6 Å². The van der Waals surface area contributed by atoms with Crippen LogP contribution in [0.15, 0.2) is 70.4 Å². The Hall–Kier alpha value is -3.30. The van der Waals surface area contributed by atoms with Crippen LogP contribution in [0.25, 0.3) is 0 Å². The van der Waals surface area contributed by atoms with Crippen LogP contribution in [-0.2, 0) is 16.0 Å². The molecule has 1 heterocycles. The number of benzene rings is 2. The zero-order chi connectivity index (χ0) is 23.4. The van der Waals surface area contributed by atoms with Crippen molar-refractivity contribution in [3.8, 4) is 6.07 Å². The number of aryl methyl sites for hydroxylation is 2. The van der Waals surface area contributed by atoms with Crippen molar-refractivity contribution in [2.45, 2.75) is 45.4 Å². The van der Waals surface area contributed by atoms with E-state index in [1.807, 2.05) is 55.5 Å². The van der Waals surface area contributed by atoms with E-state index in [-0.39, 0.29) is 17.4 Å². The molecule has 1 amide bonds. The van der Waals surface area contributed by atoms with E-state index in [9.17, 15) is 14.9 Å². The van der Waals surface area contributed by atoms with Crippen molar-refractivity contribution in [2.75, 3.05) is 11.1 Å². The zero-order valence-electron chi connectivity index (χ0n) is 18.9. The summed E-state index contributed by atoms with van der Waals surface area (Å²) in [5, 5.41) is 17.0. The predicted octanol–water partition coefficient (Wildman–Crippen LogP) is 5.36. The Morgan fingerprint density at radius 3 is 2.55 bits per heavy atom. The number of hydrogen-bond acceptors (Lipinski definition) is 5. The topological polar surface area (TPSA) is 82.0 Å². The Kier molecular flexibility index (Phi) is 7.00. The molecule has 0 saturated heterocycles. The maximum absolute atomic E-state index is 12.9. The van der Waals surface area contributed by atoms with Crippen LogP contribution >= 0.6 is 11.8 Å². The molecule has 2 aliphatic rings. The summed E-state index contributed by atoms with van der Waals surface area (Å²) in [6.07, 6.45) is 3.01. The van der Waals surface area contributed by atoms with Crippen molar-refractivity contribution in [3.05, 3.63) is 87.1 Å². The lowest BCUT2D eigenvalue weighted by Gasteiger charge is -2.33. The smallest absolute Gasteiger partial charge is 0.234 e. The number of nitriles is 1. The van der Waals surface area contributed by atoms with Crippen LogP contribution in [0.4, 0.5) is 5.69 Å². The van der Waals surface area contributed by atoms with E-state index in [0.29, 0.717) is 22.6 Å². The molecule has 1 atom stereocenters. The monoisotopic (exact) mass is 457 g/mol. The normalized spacial score (nSPS) is 17.8. The average molecular weight is 458 g/mol. The zero-order valence-corrected chi connectivity index (χ0v) is 19.7. The van der Waals surface area contributed by atoms with E-state index in [1.165, 1.54) is 17.3 Å². The number of ketones is 1. The molecule has 2 aromatic carbocycles. The molecule has 0 radical (unpaired) electrons. The molecule has 0 saturated carbocycles. The van der Waals surface area contributed by atoms with Gasteiger partial charge in [-0.1, -0.05) is 60.6 Å². The second kappa shape index (κ2) is 10.1. The summed E-state index contributed by atoms with van der Waals surface area (Å²) in [6, 6.07) is 18.1. The number of thioether (sulfide) groups is 1. The molecule has 5 nitrogen and oxygen atoms in total. The number of nitrogens with one attached hydrogen (secondary N) is 2. The molecule has 33 heavy (non-hydrogen) atoms. The van der Waals surface area contributed by atoms with Gasteiger partial charge in [0.25, 0.3) is 0 Å². The maximum atomic E-state index is 12.9. The van der Waals surface area contributed by atoms with Gasteiger partial charge in [0.15, 0.2) is 5.78 Å². The van der Waals surface area contributed by atoms with E-state index in [1.54, 1.807) is 0 Å². The highest BCUT2D eigenvalue weighted by Gasteiger charge is 2.37. The molecule has 1 aliphatic carbocycles. The Balaban J connectivity index is 1.57. The average Bonchev–Trinajstić information content (AvgIpc) is 2.83. The SMILES string of the molecule is CCc1ccc(NC(=O)CSC2=C(C#N)[C@@H](c3ccc(C)cc3)C3=C(CCCC3=O)N2)cc1. The number of amides is 1. The third kappa shape index (κ3) is 5.04. The van der Waals surface area contributed by atoms with E-state index in [0.717, 1.165) is 41.8 Å². The molecule has 0 aromatic heterocycles. The lowest BCUT2D eigenvalue weighted by atomic mass is 9.77. The van der Waals surface area contributed by atoms with Gasteiger partial charge in [-0.2, -0.15) is 5.26 Å². The lowest BCUT2D eigenvalue weighted by molar-refractivity contribution is -0.116. The number of hydrogen-bond donors (Lipinski definition) is 2. The summed E-state index contributed by atoms with van der Waals surface area (Å²) in [4.78, 5) is 25.5. The molecule has 2 N–H and O–H groups in total. The minimum Gasteiger partial charge on any atom is -0.352 e. The largest absolute Gasteiger partial charge is 0.352 e. The third-order valence-corrected chi connectivity index (χ3v) is 7.08. The van der Waals surface area contributed by atoms with Gasteiger partial charge >= 0.3 is 0 Å². The van der Waals surface area contributed by atoms with Gasteiger partial charge in [0.05, 0.1) is 28.3 Å². The summed E-state index contributed by atoms with van der Waals surface area (Å²) >= 11 is 1.31. The van der Waals surface area contributed by atoms with Crippen LogP contribution in [0.1, 0.15) is 48.8 Å². The van der Waals surface area contributed by atoms with Crippen molar-refractivity contribution in [1.82, 2.24) is 5.32 Å². The van der Waals surface area contributed by atoms with Crippen LogP contribution in [0.3, 0.4) is 0 Å². The number of anilines is 1. The summed E-state index contributed by atoms with van der Waals surface area (Å²) in [6.45, 7) is 4.10. The van der Waals surface area contributed by atoms with Crippen molar-refractivity contribution >= 4 is 29.1 Å². The van der Waals surface area contributed by atoms with Gasteiger partial charge in [-0.25, -0.2) is 0 Å². The number of carbonyl (C=O) groups is 2. The molecule has 0 bridgehead atoms. The number of rotatable bonds is 6. The first-order chi connectivity index (χ1) is 16.0. The molecule has 0 unspecified atom stereocenters. The van der Waals surface area contributed by atoms with Crippen molar-refractivity contribution in [3.63, 3.8) is 0 Å². The van der Waals surface area contributed by atoms with Crippen LogP contribution in [-0.4, -0.2) is 17.4 Å². The first-order valence-corrected chi connectivity index (χ1v) is 12.2. The minimum absolute atomic E-state index is 0.0967. The molecule has 1 aliphatic heterocycles. The van der Waals surface area contributed by atoms with Gasteiger partial charge in [0.2, 0.25) is 5.91 Å². The lowest BCUT2D eigenvalue weighted by Crippen LogP contribution is -2.31. The Labute approximate surface area is 199 Å². The van der Waals surface area contributed by atoms with Crippen molar-refractivity contribution in [1.29, 1.82) is 5.26 Å².